The lowest BCUT2D eigenvalue weighted by atomic mass is 10.1. The number of nitrogens with one attached hydrogen (secondary N) is 1. The van der Waals surface area contributed by atoms with E-state index in [0.29, 0.717) is 0 Å². The van der Waals surface area contributed by atoms with Gasteiger partial charge in [0.1, 0.15) is 5.75 Å². The fraction of sp³-hybridized carbons (Fsp3) is 0.562. The van der Waals surface area contributed by atoms with Gasteiger partial charge in [-0.3, -0.25) is 0 Å². The summed E-state index contributed by atoms with van der Waals surface area (Å²) >= 11 is 0. The first-order chi connectivity index (χ1) is 9.58. The van der Waals surface area contributed by atoms with E-state index in [9.17, 15) is 4.79 Å². The Hall–Kier alpha value is -1.71. The average Bonchev–Trinajstić information content (AvgIpc) is 2.41. The molecule has 0 unspecified atom stereocenters. The van der Waals surface area contributed by atoms with Crippen LogP contribution in [0.5, 0.6) is 5.75 Å². The van der Waals surface area contributed by atoms with Gasteiger partial charge < -0.3 is 15.0 Å². The number of hydrogen-bond donors (Lipinski definition) is 1. The van der Waals surface area contributed by atoms with Gasteiger partial charge in [0, 0.05) is 13.1 Å². The van der Waals surface area contributed by atoms with Crippen molar-refractivity contribution < 1.29 is 9.53 Å². The van der Waals surface area contributed by atoms with Crippen LogP contribution in [0.2, 0.25) is 0 Å². The Morgan fingerprint density at radius 3 is 2.40 bits per heavy atom. The van der Waals surface area contributed by atoms with Crippen LogP contribution in [-0.2, 0) is 0 Å². The van der Waals surface area contributed by atoms with Crippen LogP contribution in [0, 0.1) is 13.8 Å². The number of rotatable bonds is 7. The van der Waals surface area contributed by atoms with Crippen molar-refractivity contribution in [2.75, 3.05) is 19.8 Å². The quantitative estimate of drug-likeness (QED) is 0.776. The van der Waals surface area contributed by atoms with Crippen LogP contribution < -0.4 is 10.1 Å². The summed E-state index contributed by atoms with van der Waals surface area (Å²) in [4.78, 5) is 13.8. The van der Waals surface area contributed by atoms with E-state index in [1.807, 2.05) is 30.9 Å². The molecule has 0 aliphatic carbocycles. The highest BCUT2D eigenvalue weighted by Crippen LogP contribution is 2.18. The van der Waals surface area contributed by atoms with Crippen LogP contribution in [0.3, 0.4) is 0 Å². The zero-order valence-electron chi connectivity index (χ0n) is 13.0. The summed E-state index contributed by atoms with van der Waals surface area (Å²) in [5, 5.41) is 2.81. The van der Waals surface area contributed by atoms with Crippen LogP contribution in [0.15, 0.2) is 18.2 Å². The second kappa shape index (κ2) is 8.46. The third-order valence-corrected chi connectivity index (χ3v) is 3.06. The Balaban J connectivity index is 2.44. The Bertz CT molecular complexity index is 426. The van der Waals surface area contributed by atoms with Crippen LogP contribution in [0.25, 0.3) is 0 Å². The number of carbonyl (C=O) groups excluding carboxylic acids is 1. The number of amides is 2. The van der Waals surface area contributed by atoms with Crippen molar-refractivity contribution in [1.29, 1.82) is 0 Å². The molecule has 4 heteroatoms. The van der Waals surface area contributed by atoms with Crippen molar-refractivity contribution in [3.63, 3.8) is 0 Å². The summed E-state index contributed by atoms with van der Waals surface area (Å²) in [5.74, 6) is 0.813. The molecule has 0 heterocycles. The van der Waals surface area contributed by atoms with Crippen molar-refractivity contribution in [2.24, 2.45) is 0 Å². The minimum absolute atomic E-state index is 0.0570. The molecular weight excluding hydrogens is 252 g/mol. The van der Waals surface area contributed by atoms with Crippen molar-refractivity contribution in [3.05, 3.63) is 29.3 Å². The van der Waals surface area contributed by atoms with Gasteiger partial charge in [-0.2, -0.15) is 0 Å². The number of urea groups is 1. The van der Waals surface area contributed by atoms with Crippen molar-refractivity contribution in [3.8, 4) is 5.75 Å². The van der Waals surface area contributed by atoms with E-state index in [0.717, 1.165) is 37.2 Å². The highest BCUT2D eigenvalue weighted by atomic mass is 16.5. The zero-order chi connectivity index (χ0) is 15.0. The lowest BCUT2D eigenvalue weighted by Crippen LogP contribution is -2.42. The Morgan fingerprint density at radius 2 is 1.85 bits per heavy atom. The first-order valence-corrected chi connectivity index (χ1v) is 7.31. The highest BCUT2D eigenvalue weighted by Gasteiger charge is 2.10. The lowest BCUT2D eigenvalue weighted by molar-refractivity contribution is 0.184. The molecule has 0 aliphatic rings. The Kier molecular flexibility index (Phi) is 6.91. The molecule has 0 saturated carbocycles. The smallest absolute Gasteiger partial charge is 0.320 e. The monoisotopic (exact) mass is 278 g/mol. The van der Waals surface area contributed by atoms with Crippen LogP contribution >= 0.6 is 0 Å². The molecule has 0 aromatic heterocycles. The Labute approximate surface area is 122 Å². The number of carbonyl (C=O) groups is 1. The molecule has 1 rings (SSSR count). The average molecular weight is 278 g/mol. The predicted molar refractivity (Wildman–Crippen MR) is 82.1 cm³/mol. The number of nitrogens with zero attached hydrogens (tertiary/aromatic N) is 1. The first kappa shape index (κ1) is 16.3. The number of hydrogen-bond acceptors (Lipinski definition) is 2. The molecule has 1 aromatic rings. The summed E-state index contributed by atoms with van der Waals surface area (Å²) < 4.78 is 5.61. The van der Waals surface area contributed by atoms with E-state index in [2.05, 4.69) is 25.2 Å². The van der Waals surface area contributed by atoms with Gasteiger partial charge in [0.25, 0.3) is 0 Å². The fourth-order valence-corrected chi connectivity index (χ4v) is 2.10. The maximum absolute atomic E-state index is 12.0. The third-order valence-electron chi connectivity index (χ3n) is 3.06. The molecule has 0 spiro atoms. The molecular formula is C16H26N2O2. The summed E-state index contributed by atoms with van der Waals surface area (Å²) in [6, 6.07) is 5.95. The maximum Gasteiger partial charge on any atom is 0.320 e. The van der Waals surface area contributed by atoms with Gasteiger partial charge in [-0.25, -0.2) is 4.79 Å². The predicted octanol–water partition coefficient (Wildman–Crippen LogP) is 3.47. The van der Waals surface area contributed by atoms with Gasteiger partial charge in [-0.05, 0) is 38.3 Å². The van der Waals surface area contributed by atoms with Gasteiger partial charge in [0.2, 0.25) is 0 Å². The number of aryl methyl sites for hydroxylation is 2. The largest absolute Gasteiger partial charge is 0.473 e. The van der Waals surface area contributed by atoms with Crippen molar-refractivity contribution in [1.82, 2.24) is 10.2 Å². The van der Waals surface area contributed by atoms with E-state index in [1.54, 1.807) is 0 Å². The summed E-state index contributed by atoms with van der Waals surface area (Å²) in [5.41, 5.74) is 2.29. The highest BCUT2D eigenvalue weighted by molar-refractivity contribution is 5.73. The zero-order valence-corrected chi connectivity index (χ0v) is 13.0. The molecule has 20 heavy (non-hydrogen) atoms. The molecule has 0 fully saturated rings. The lowest BCUT2D eigenvalue weighted by Gasteiger charge is -2.22. The summed E-state index contributed by atoms with van der Waals surface area (Å²) in [7, 11) is 0. The second-order valence-corrected chi connectivity index (χ2v) is 5.03. The van der Waals surface area contributed by atoms with Gasteiger partial charge in [-0.1, -0.05) is 31.5 Å². The first-order valence-electron chi connectivity index (χ1n) is 7.31. The van der Waals surface area contributed by atoms with E-state index in [1.165, 1.54) is 5.56 Å². The molecule has 4 nitrogen and oxygen atoms in total. The van der Waals surface area contributed by atoms with E-state index in [-0.39, 0.29) is 12.8 Å². The molecule has 2 amide bonds. The molecule has 0 atom stereocenters. The normalized spacial score (nSPS) is 10.2. The topological polar surface area (TPSA) is 41.6 Å². The second-order valence-electron chi connectivity index (χ2n) is 5.03. The van der Waals surface area contributed by atoms with Gasteiger partial charge in [0.05, 0.1) is 0 Å². The standard InChI is InChI=1S/C16H26N2O2/c1-5-9-18(10-6-2)16(19)17-12-20-15-8-7-13(3)11-14(15)4/h7-8,11H,5-6,9-10,12H2,1-4H3,(H,17,19). The van der Waals surface area contributed by atoms with Crippen LogP contribution in [0.4, 0.5) is 4.79 Å². The Morgan fingerprint density at radius 1 is 1.20 bits per heavy atom. The molecule has 1 aromatic carbocycles. The molecule has 0 bridgehead atoms. The molecule has 0 saturated heterocycles. The number of benzene rings is 1. The number of ether oxygens (including phenoxy) is 1. The van der Waals surface area contributed by atoms with Crippen LogP contribution in [-0.4, -0.2) is 30.8 Å². The molecule has 0 radical (unpaired) electrons. The fourth-order valence-electron chi connectivity index (χ4n) is 2.10. The molecule has 0 aliphatic heterocycles. The van der Waals surface area contributed by atoms with Crippen LogP contribution in [0.1, 0.15) is 37.8 Å². The molecule has 112 valence electrons. The van der Waals surface area contributed by atoms with E-state index in [4.69, 9.17) is 4.74 Å². The maximum atomic E-state index is 12.0. The minimum atomic E-state index is -0.0570. The third kappa shape index (κ3) is 5.11. The summed E-state index contributed by atoms with van der Waals surface area (Å²) in [6.07, 6.45) is 1.93. The van der Waals surface area contributed by atoms with E-state index >= 15 is 0 Å². The molecule has 1 N–H and O–H groups in total. The SMILES string of the molecule is CCCN(CCC)C(=O)NCOc1ccc(C)cc1C. The summed E-state index contributed by atoms with van der Waals surface area (Å²) in [6.45, 7) is 9.96. The minimum Gasteiger partial charge on any atom is -0.473 e. The van der Waals surface area contributed by atoms with Gasteiger partial charge in [0.15, 0.2) is 6.73 Å². The van der Waals surface area contributed by atoms with Gasteiger partial charge in [-0.15, -0.1) is 0 Å². The van der Waals surface area contributed by atoms with E-state index < -0.39 is 0 Å². The van der Waals surface area contributed by atoms with Crippen molar-refractivity contribution >= 4 is 6.03 Å². The van der Waals surface area contributed by atoms with Gasteiger partial charge >= 0.3 is 6.03 Å². The van der Waals surface area contributed by atoms with Crippen molar-refractivity contribution in [2.45, 2.75) is 40.5 Å².